The van der Waals surface area contributed by atoms with Crippen LogP contribution in [0.5, 0.6) is 0 Å². The maximum absolute atomic E-state index is 9.46. The van der Waals surface area contributed by atoms with Gasteiger partial charge >= 0.3 is 0 Å². The van der Waals surface area contributed by atoms with Crippen LogP contribution in [0.1, 0.15) is 23.5 Å². The summed E-state index contributed by atoms with van der Waals surface area (Å²) in [4.78, 5) is 0. The largest absolute Gasteiger partial charge is 0.396 e. The number of hydrogen-bond donors (Lipinski definition) is 1. The Balaban J connectivity index is 1.97. The highest BCUT2D eigenvalue weighted by molar-refractivity contribution is 5.21. The van der Waals surface area contributed by atoms with Crippen LogP contribution in [0.3, 0.4) is 0 Å². The zero-order valence-electron chi connectivity index (χ0n) is 9.92. The molecule has 0 amide bonds. The Kier molecular flexibility index (Phi) is 4.34. The number of aliphatic hydroxyl groups is 1. The van der Waals surface area contributed by atoms with E-state index >= 15 is 0 Å². The van der Waals surface area contributed by atoms with E-state index in [4.69, 9.17) is 0 Å². The first-order chi connectivity index (χ1) is 8.40. The average molecular weight is 226 g/mol. The zero-order chi connectivity index (χ0) is 11.9. The third-order valence-electron chi connectivity index (χ3n) is 3.12. The summed E-state index contributed by atoms with van der Waals surface area (Å²) >= 11 is 0. The van der Waals surface area contributed by atoms with E-state index in [-0.39, 0.29) is 12.5 Å². The van der Waals surface area contributed by atoms with Gasteiger partial charge in [0, 0.05) is 12.5 Å². The van der Waals surface area contributed by atoms with E-state index in [1.807, 2.05) is 24.3 Å². The minimum Gasteiger partial charge on any atom is -0.396 e. The van der Waals surface area contributed by atoms with Crippen molar-refractivity contribution in [3.05, 3.63) is 71.8 Å². The first-order valence-corrected chi connectivity index (χ1v) is 6.10. The van der Waals surface area contributed by atoms with Crippen molar-refractivity contribution in [1.29, 1.82) is 0 Å². The molecular formula is C16H18O. The number of aliphatic hydroxyl groups excluding tert-OH is 1. The van der Waals surface area contributed by atoms with Gasteiger partial charge in [-0.05, 0) is 24.0 Å². The van der Waals surface area contributed by atoms with Crippen molar-refractivity contribution in [2.45, 2.75) is 18.8 Å². The molecule has 1 N–H and O–H groups in total. The van der Waals surface area contributed by atoms with Gasteiger partial charge in [-0.3, -0.25) is 0 Å². The second kappa shape index (κ2) is 6.21. The lowest BCUT2D eigenvalue weighted by atomic mass is 9.93. The monoisotopic (exact) mass is 226 g/mol. The van der Waals surface area contributed by atoms with Crippen molar-refractivity contribution in [2.75, 3.05) is 6.61 Å². The highest BCUT2D eigenvalue weighted by Crippen LogP contribution is 2.20. The topological polar surface area (TPSA) is 20.2 Å². The molecular weight excluding hydrogens is 208 g/mol. The molecule has 0 radical (unpaired) electrons. The van der Waals surface area contributed by atoms with Crippen LogP contribution in [-0.2, 0) is 6.42 Å². The summed E-state index contributed by atoms with van der Waals surface area (Å²) in [6, 6.07) is 20.7. The van der Waals surface area contributed by atoms with Crippen LogP contribution >= 0.6 is 0 Å². The average Bonchev–Trinajstić information content (AvgIpc) is 2.42. The van der Waals surface area contributed by atoms with Crippen LogP contribution in [0.15, 0.2) is 60.7 Å². The SMILES string of the molecule is OC[C@H](CCc1ccccc1)c1ccccc1. The van der Waals surface area contributed by atoms with Gasteiger partial charge in [-0.25, -0.2) is 0 Å². The molecule has 0 spiro atoms. The van der Waals surface area contributed by atoms with Crippen LogP contribution in [0, 0.1) is 0 Å². The molecule has 2 aromatic carbocycles. The van der Waals surface area contributed by atoms with Crippen LogP contribution in [-0.4, -0.2) is 11.7 Å². The molecule has 0 aliphatic carbocycles. The Bertz CT molecular complexity index is 422. The van der Waals surface area contributed by atoms with E-state index in [1.54, 1.807) is 0 Å². The number of hydrogen-bond acceptors (Lipinski definition) is 1. The normalized spacial score (nSPS) is 12.3. The van der Waals surface area contributed by atoms with E-state index in [1.165, 1.54) is 11.1 Å². The van der Waals surface area contributed by atoms with Crippen molar-refractivity contribution in [3.63, 3.8) is 0 Å². The molecule has 0 aliphatic rings. The molecule has 0 bridgehead atoms. The van der Waals surface area contributed by atoms with Gasteiger partial charge in [0.1, 0.15) is 0 Å². The third kappa shape index (κ3) is 3.43. The summed E-state index contributed by atoms with van der Waals surface area (Å²) in [7, 11) is 0. The van der Waals surface area contributed by atoms with Gasteiger partial charge < -0.3 is 5.11 Å². The number of benzene rings is 2. The summed E-state index contributed by atoms with van der Waals surface area (Å²) < 4.78 is 0. The standard InChI is InChI=1S/C16H18O/c17-13-16(15-9-5-2-6-10-15)12-11-14-7-3-1-4-8-14/h1-10,16-17H,11-13H2/t16-/m0/s1. The van der Waals surface area contributed by atoms with Crippen molar-refractivity contribution in [1.82, 2.24) is 0 Å². The Morgan fingerprint density at radius 3 is 2.00 bits per heavy atom. The number of rotatable bonds is 5. The predicted octanol–water partition coefficient (Wildman–Crippen LogP) is 3.40. The minimum atomic E-state index is 0.219. The fourth-order valence-corrected chi connectivity index (χ4v) is 2.07. The quantitative estimate of drug-likeness (QED) is 0.828. The van der Waals surface area contributed by atoms with Crippen LogP contribution < -0.4 is 0 Å². The first-order valence-electron chi connectivity index (χ1n) is 6.10. The first kappa shape index (κ1) is 11.9. The fraction of sp³-hybridized carbons (Fsp3) is 0.250. The van der Waals surface area contributed by atoms with Crippen LogP contribution in [0.2, 0.25) is 0 Å². The smallest absolute Gasteiger partial charge is 0.0499 e. The maximum atomic E-state index is 9.46. The summed E-state index contributed by atoms with van der Waals surface area (Å²) in [6.07, 6.45) is 2.01. The molecule has 1 atom stereocenters. The molecule has 0 aromatic heterocycles. The summed E-state index contributed by atoms with van der Waals surface area (Å²) in [6.45, 7) is 0.219. The maximum Gasteiger partial charge on any atom is 0.0499 e. The molecule has 2 rings (SSSR count). The second-order valence-electron chi connectivity index (χ2n) is 4.31. The van der Waals surface area contributed by atoms with Crippen LogP contribution in [0.25, 0.3) is 0 Å². The summed E-state index contributed by atoms with van der Waals surface area (Å²) in [5, 5.41) is 9.46. The van der Waals surface area contributed by atoms with Gasteiger partial charge in [0.15, 0.2) is 0 Å². The molecule has 0 saturated carbocycles. The summed E-state index contributed by atoms with van der Waals surface area (Å²) in [5.74, 6) is 0.247. The van der Waals surface area contributed by atoms with E-state index in [0.717, 1.165) is 12.8 Å². The number of aryl methyl sites for hydroxylation is 1. The lowest BCUT2D eigenvalue weighted by molar-refractivity contribution is 0.259. The minimum absolute atomic E-state index is 0.219. The Labute approximate surface area is 103 Å². The molecule has 0 unspecified atom stereocenters. The molecule has 0 saturated heterocycles. The third-order valence-corrected chi connectivity index (χ3v) is 3.12. The Hall–Kier alpha value is -1.60. The van der Waals surface area contributed by atoms with E-state index in [2.05, 4.69) is 36.4 Å². The molecule has 0 fully saturated rings. The lowest BCUT2D eigenvalue weighted by Crippen LogP contribution is -2.05. The van der Waals surface area contributed by atoms with Crippen molar-refractivity contribution in [3.8, 4) is 0 Å². The van der Waals surface area contributed by atoms with Crippen LogP contribution in [0.4, 0.5) is 0 Å². The van der Waals surface area contributed by atoms with Gasteiger partial charge in [-0.2, -0.15) is 0 Å². The highest BCUT2D eigenvalue weighted by atomic mass is 16.3. The molecule has 0 aliphatic heterocycles. The Morgan fingerprint density at radius 1 is 0.824 bits per heavy atom. The van der Waals surface area contributed by atoms with E-state index in [9.17, 15) is 5.11 Å². The molecule has 0 heterocycles. The van der Waals surface area contributed by atoms with Crippen molar-refractivity contribution < 1.29 is 5.11 Å². The fourth-order valence-electron chi connectivity index (χ4n) is 2.07. The molecule has 1 nitrogen and oxygen atoms in total. The van der Waals surface area contributed by atoms with Gasteiger partial charge in [-0.15, -0.1) is 0 Å². The summed E-state index contributed by atoms with van der Waals surface area (Å²) in [5.41, 5.74) is 2.56. The highest BCUT2D eigenvalue weighted by Gasteiger charge is 2.09. The molecule has 88 valence electrons. The van der Waals surface area contributed by atoms with Gasteiger partial charge in [0.05, 0.1) is 0 Å². The van der Waals surface area contributed by atoms with Gasteiger partial charge in [0.25, 0.3) is 0 Å². The van der Waals surface area contributed by atoms with Gasteiger partial charge in [0.2, 0.25) is 0 Å². The van der Waals surface area contributed by atoms with Crippen molar-refractivity contribution >= 4 is 0 Å². The molecule has 17 heavy (non-hydrogen) atoms. The Morgan fingerprint density at radius 2 is 1.41 bits per heavy atom. The zero-order valence-corrected chi connectivity index (χ0v) is 9.92. The van der Waals surface area contributed by atoms with Gasteiger partial charge in [-0.1, -0.05) is 60.7 Å². The molecule has 2 aromatic rings. The van der Waals surface area contributed by atoms with Crippen molar-refractivity contribution in [2.24, 2.45) is 0 Å². The molecule has 1 heteroatoms. The predicted molar refractivity (Wildman–Crippen MR) is 71.0 cm³/mol. The second-order valence-corrected chi connectivity index (χ2v) is 4.31. The van der Waals surface area contributed by atoms with E-state index < -0.39 is 0 Å². The van der Waals surface area contributed by atoms with E-state index in [0.29, 0.717) is 0 Å². The lowest BCUT2D eigenvalue weighted by Gasteiger charge is -2.14.